The largest absolute Gasteiger partial charge is 0.351 e. The van der Waals surface area contributed by atoms with Crippen LogP contribution in [0.4, 0.5) is 5.69 Å². The summed E-state index contributed by atoms with van der Waals surface area (Å²) in [4.78, 5) is 24.1. The van der Waals surface area contributed by atoms with Crippen molar-refractivity contribution in [3.63, 3.8) is 0 Å². The SMILES string of the molecule is CC(C)(C)CC1NCC(c2cccc(Cl)c2)C1C(=O)Nc1cccc(Cl)c1.CN(C)C=O. The minimum atomic E-state index is -0.179. The maximum Gasteiger partial charge on any atom is 0.229 e. The number of carbonyl (C=O) groups is 2. The van der Waals surface area contributed by atoms with Gasteiger partial charge in [-0.1, -0.05) is 62.2 Å². The van der Waals surface area contributed by atoms with Crippen LogP contribution in [0.2, 0.25) is 10.0 Å². The van der Waals surface area contributed by atoms with Crippen molar-refractivity contribution in [2.24, 2.45) is 11.3 Å². The maximum atomic E-state index is 13.3. The summed E-state index contributed by atoms with van der Waals surface area (Å²) in [5, 5.41) is 7.94. The molecule has 0 saturated carbocycles. The first-order chi connectivity index (χ1) is 15.0. The number of hydrogen-bond donors (Lipinski definition) is 2. The van der Waals surface area contributed by atoms with E-state index in [1.54, 1.807) is 26.2 Å². The third-order valence-corrected chi connectivity index (χ3v) is 5.65. The van der Waals surface area contributed by atoms with Crippen LogP contribution in [0.3, 0.4) is 0 Å². The average molecular weight is 478 g/mol. The Balaban J connectivity index is 0.000000654. The van der Waals surface area contributed by atoms with Crippen molar-refractivity contribution in [2.45, 2.75) is 39.2 Å². The molecule has 0 spiro atoms. The van der Waals surface area contributed by atoms with Gasteiger partial charge >= 0.3 is 0 Å². The number of carbonyl (C=O) groups excluding carboxylic acids is 2. The zero-order valence-electron chi connectivity index (χ0n) is 19.4. The molecule has 3 unspecified atom stereocenters. The molecular formula is C25H33Cl2N3O2. The fourth-order valence-electron chi connectivity index (χ4n) is 3.89. The summed E-state index contributed by atoms with van der Waals surface area (Å²) < 4.78 is 0. The number of amides is 2. The summed E-state index contributed by atoms with van der Waals surface area (Å²) in [5.41, 5.74) is 1.94. The molecule has 0 radical (unpaired) electrons. The molecule has 2 N–H and O–H groups in total. The average Bonchev–Trinajstić information content (AvgIpc) is 3.10. The summed E-state index contributed by atoms with van der Waals surface area (Å²) in [7, 11) is 3.38. The van der Waals surface area contributed by atoms with Gasteiger partial charge in [-0.3, -0.25) is 9.59 Å². The number of rotatable bonds is 5. The van der Waals surface area contributed by atoms with Gasteiger partial charge in [0.25, 0.3) is 0 Å². The molecule has 3 rings (SSSR count). The van der Waals surface area contributed by atoms with Crippen molar-refractivity contribution in [3.05, 3.63) is 64.1 Å². The zero-order chi connectivity index (χ0) is 23.9. The number of hydrogen-bond acceptors (Lipinski definition) is 3. The number of halogens is 2. The topological polar surface area (TPSA) is 61.4 Å². The molecule has 5 nitrogen and oxygen atoms in total. The van der Waals surface area contributed by atoms with E-state index in [-0.39, 0.29) is 29.2 Å². The third-order valence-electron chi connectivity index (χ3n) is 5.18. The van der Waals surface area contributed by atoms with Gasteiger partial charge in [0.2, 0.25) is 12.3 Å². The van der Waals surface area contributed by atoms with Crippen LogP contribution in [0, 0.1) is 11.3 Å². The first kappa shape index (κ1) is 26.2. The maximum absolute atomic E-state index is 13.3. The summed E-state index contributed by atoms with van der Waals surface area (Å²) in [6.45, 7) is 7.36. The number of nitrogens with zero attached hydrogens (tertiary/aromatic N) is 1. The fraction of sp³-hybridized carbons (Fsp3) is 0.440. The smallest absolute Gasteiger partial charge is 0.229 e. The van der Waals surface area contributed by atoms with Gasteiger partial charge in [0, 0.05) is 48.3 Å². The van der Waals surface area contributed by atoms with Crippen LogP contribution in [-0.2, 0) is 9.59 Å². The second kappa shape index (κ2) is 11.7. The summed E-state index contributed by atoms with van der Waals surface area (Å²) in [6, 6.07) is 15.2. The zero-order valence-corrected chi connectivity index (χ0v) is 20.9. The third kappa shape index (κ3) is 8.12. The van der Waals surface area contributed by atoms with Gasteiger partial charge in [-0.15, -0.1) is 0 Å². The first-order valence-corrected chi connectivity index (χ1v) is 11.4. The molecule has 1 aliphatic heterocycles. The standard InChI is InChI=1S/C22H26Cl2N2O.C3H7NO/c1-22(2,3)12-19-20(21(27)26-17-9-5-8-16(24)11-17)18(13-25-19)14-6-4-7-15(23)10-14;1-4(2)3-5/h4-11,18-20,25H,12-13H2,1-3H3,(H,26,27);3H,1-2H3. The lowest BCUT2D eigenvalue weighted by Crippen LogP contribution is -2.38. The Kier molecular flexibility index (Phi) is 9.56. The highest BCUT2D eigenvalue weighted by Crippen LogP contribution is 2.38. The van der Waals surface area contributed by atoms with Gasteiger partial charge in [0.05, 0.1) is 5.92 Å². The molecule has 1 aliphatic rings. The Morgan fingerprint density at radius 3 is 2.25 bits per heavy atom. The number of anilines is 1. The van der Waals surface area contributed by atoms with Crippen LogP contribution in [0.1, 0.15) is 38.7 Å². The predicted molar refractivity (Wildman–Crippen MR) is 133 cm³/mol. The fourth-order valence-corrected chi connectivity index (χ4v) is 4.28. The molecule has 2 amide bonds. The van der Waals surface area contributed by atoms with Gasteiger partial charge in [-0.25, -0.2) is 0 Å². The molecule has 0 bridgehead atoms. The van der Waals surface area contributed by atoms with E-state index in [2.05, 4.69) is 37.5 Å². The van der Waals surface area contributed by atoms with Crippen LogP contribution < -0.4 is 10.6 Å². The van der Waals surface area contributed by atoms with Crippen molar-refractivity contribution in [3.8, 4) is 0 Å². The molecule has 3 atom stereocenters. The molecule has 0 aromatic heterocycles. The molecular weight excluding hydrogens is 445 g/mol. The van der Waals surface area contributed by atoms with Crippen LogP contribution >= 0.6 is 23.2 Å². The van der Waals surface area contributed by atoms with E-state index in [1.807, 2.05) is 30.3 Å². The Bertz CT molecular complexity index is 912. The van der Waals surface area contributed by atoms with E-state index in [4.69, 9.17) is 23.2 Å². The lowest BCUT2D eigenvalue weighted by molar-refractivity contribution is -0.120. The van der Waals surface area contributed by atoms with E-state index in [0.29, 0.717) is 10.0 Å². The second-order valence-corrected chi connectivity index (χ2v) is 10.4. The molecule has 2 aromatic carbocycles. The Hall–Kier alpha value is -2.08. The summed E-state index contributed by atoms with van der Waals surface area (Å²) in [5.74, 6) is -0.0848. The van der Waals surface area contributed by atoms with Crippen molar-refractivity contribution in [1.29, 1.82) is 0 Å². The first-order valence-electron chi connectivity index (χ1n) is 10.7. The molecule has 174 valence electrons. The minimum absolute atomic E-state index is 0.0153. The summed E-state index contributed by atoms with van der Waals surface area (Å²) in [6.07, 6.45) is 1.66. The van der Waals surface area contributed by atoms with Crippen molar-refractivity contribution in [1.82, 2.24) is 10.2 Å². The predicted octanol–water partition coefficient (Wildman–Crippen LogP) is 5.44. The highest BCUT2D eigenvalue weighted by Gasteiger charge is 2.42. The highest BCUT2D eigenvalue weighted by atomic mass is 35.5. The van der Waals surface area contributed by atoms with E-state index in [9.17, 15) is 9.59 Å². The lowest BCUT2D eigenvalue weighted by Gasteiger charge is -2.29. The number of benzene rings is 2. The molecule has 7 heteroatoms. The Morgan fingerprint density at radius 1 is 1.12 bits per heavy atom. The van der Waals surface area contributed by atoms with Gasteiger partial charge < -0.3 is 15.5 Å². The van der Waals surface area contributed by atoms with E-state index in [0.717, 1.165) is 30.6 Å². The molecule has 1 fully saturated rings. The highest BCUT2D eigenvalue weighted by molar-refractivity contribution is 6.31. The van der Waals surface area contributed by atoms with Crippen molar-refractivity contribution < 1.29 is 9.59 Å². The molecule has 1 saturated heterocycles. The van der Waals surface area contributed by atoms with Crippen molar-refractivity contribution in [2.75, 3.05) is 26.0 Å². The van der Waals surface area contributed by atoms with Gasteiger partial charge in [0.15, 0.2) is 0 Å². The molecule has 0 aliphatic carbocycles. The van der Waals surface area contributed by atoms with Crippen LogP contribution in [0.5, 0.6) is 0 Å². The van der Waals surface area contributed by atoms with Crippen molar-refractivity contribution >= 4 is 41.2 Å². The quantitative estimate of drug-likeness (QED) is 0.563. The molecule has 32 heavy (non-hydrogen) atoms. The Morgan fingerprint density at radius 2 is 1.72 bits per heavy atom. The van der Waals surface area contributed by atoms with E-state index in [1.165, 1.54) is 4.90 Å². The monoisotopic (exact) mass is 477 g/mol. The second-order valence-electron chi connectivity index (χ2n) is 9.54. The minimum Gasteiger partial charge on any atom is -0.351 e. The van der Waals surface area contributed by atoms with Crippen LogP contribution in [0.25, 0.3) is 0 Å². The Labute approximate surface area is 201 Å². The molecule has 1 heterocycles. The van der Waals surface area contributed by atoms with Crippen LogP contribution in [-0.4, -0.2) is 43.9 Å². The number of nitrogens with one attached hydrogen (secondary N) is 2. The van der Waals surface area contributed by atoms with Gasteiger partial charge in [-0.2, -0.15) is 0 Å². The molecule has 2 aromatic rings. The van der Waals surface area contributed by atoms with E-state index < -0.39 is 0 Å². The summed E-state index contributed by atoms with van der Waals surface area (Å²) >= 11 is 12.3. The normalized spacial score (nSPS) is 20.2. The lowest BCUT2D eigenvalue weighted by atomic mass is 9.78. The van der Waals surface area contributed by atoms with Crippen LogP contribution in [0.15, 0.2) is 48.5 Å². The van der Waals surface area contributed by atoms with Gasteiger partial charge in [-0.05, 0) is 47.7 Å². The van der Waals surface area contributed by atoms with Gasteiger partial charge in [0.1, 0.15) is 0 Å². The van der Waals surface area contributed by atoms with E-state index >= 15 is 0 Å².